The first kappa shape index (κ1) is 27.6. The molecule has 0 bridgehead atoms. The van der Waals surface area contributed by atoms with Gasteiger partial charge in [0.15, 0.2) is 29.3 Å². The van der Waals surface area contributed by atoms with E-state index in [2.05, 4.69) is 10.1 Å². The van der Waals surface area contributed by atoms with Crippen LogP contribution in [0, 0.1) is 5.82 Å². The highest BCUT2D eigenvalue weighted by atomic mass is 19.4. The summed E-state index contributed by atoms with van der Waals surface area (Å²) < 4.78 is 72.0. The molecule has 3 aromatic rings. The minimum atomic E-state index is -4.84. The van der Waals surface area contributed by atoms with Crippen molar-refractivity contribution in [2.75, 3.05) is 14.2 Å². The van der Waals surface area contributed by atoms with Gasteiger partial charge in [0, 0.05) is 18.5 Å². The zero-order valence-electron chi connectivity index (χ0n) is 20.3. The Kier molecular flexibility index (Phi) is 8.21. The van der Waals surface area contributed by atoms with Gasteiger partial charge in [0.1, 0.15) is 18.1 Å². The minimum absolute atomic E-state index is 0.0715. The first-order valence-electron chi connectivity index (χ1n) is 10.9. The molecular formula is C23H24F4N4O6. The number of ketones is 1. The first-order chi connectivity index (χ1) is 17.5. The molecule has 1 N–H and O–H groups in total. The van der Waals surface area contributed by atoms with Crippen LogP contribution in [0.3, 0.4) is 0 Å². The molecular weight excluding hydrogens is 504 g/mol. The summed E-state index contributed by atoms with van der Waals surface area (Å²) in [5, 5.41) is 13.3. The number of Topliss-reactive ketones (excluding diaryl/α,β-unsaturated/α-hetero) is 1. The Hall–Kier alpha value is -3.94. The van der Waals surface area contributed by atoms with Crippen LogP contribution in [0.15, 0.2) is 29.1 Å². The maximum absolute atomic E-state index is 15.2. The van der Waals surface area contributed by atoms with Gasteiger partial charge in [0.2, 0.25) is 5.88 Å². The first-order valence-corrected chi connectivity index (χ1v) is 10.9. The summed E-state index contributed by atoms with van der Waals surface area (Å²) in [6.07, 6.45) is -7.72. The molecule has 2 aromatic heterocycles. The van der Waals surface area contributed by atoms with E-state index in [4.69, 9.17) is 14.2 Å². The third-order valence-electron chi connectivity index (χ3n) is 5.44. The average Bonchev–Trinajstić information content (AvgIpc) is 3.19. The number of ether oxygens (including phenoxy) is 3. The van der Waals surface area contributed by atoms with Gasteiger partial charge >= 0.3 is 11.9 Å². The van der Waals surface area contributed by atoms with Crippen molar-refractivity contribution in [1.29, 1.82) is 0 Å². The third kappa shape index (κ3) is 5.58. The highest BCUT2D eigenvalue weighted by Crippen LogP contribution is 2.32. The molecule has 0 saturated heterocycles. The van der Waals surface area contributed by atoms with E-state index in [-0.39, 0.29) is 29.4 Å². The van der Waals surface area contributed by atoms with Crippen molar-refractivity contribution in [2.45, 2.75) is 45.7 Å². The van der Waals surface area contributed by atoms with Crippen molar-refractivity contribution in [3.05, 3.63) is 57.5 Å². The fourth-order valence-corrected chi connectivity index (χ4v) is 3.50. The fraction of sp³-hybridized carbons (Fsp3) is 0.391. The SMILES string of the molecule is CCn1c(CO)nn(-c2nc(O[C@@H](C)C(F)(F)F)c(C(=O)Cc3c(OC)cccc3OC)cc2F)c1=O. The normalized spacial score (nSPS) is 12.4. The van der Waals surface area contributed by atoms with E-state index in [1.165, 1.54) is 14.2 Å². The number of aliphatic hydroxyl groups is 1. The van der Waals surface area contributed by atoms with Crippen LogP contribution in [0.2, 0.25) is 0 Å². The Morgan fingerprint density at radius 1 is 1.19 bits per heavy atom. The van der Waals surface area contributed by atoms with Gasteiger partial charge in [-0.1, -0.05) is 6.07 Å². The van der Waals surface area contributed by atoms with Gasteiger partial charge in [-0.15, -0.1) is 5.10 Å². The van der Waals surface area contributed by atoms with Crippen molar-refractivity contribution >= 4 is 5.78 Å². The summed E-state index contributed by atoms with van der Waals surface area (Å²) >= 11 is 0. The van der Waals surface area contributed by atoms with Crippen molar-refractivity contribution < 1.29 is 41.7 Å². The zero-order chi connectivity index (χ0) is 27.5. The highest BCUT2D eigenvalue weighted by Gasteiger charge is 2.39. The molecule has 0 aliphatic heterocycles. The third-order valence-corrected chi connectivity index (χ3v) is 5.44. The molecule has 0 aliphatic carbocycles. The summed E-state index contributed by atoms with van der Waals surface area (Å²) in [5.41, 5.74) is -1.23. The molecule has 1 aromatic carbocycles. The van der Waals surface area contributed by atoms with Crippen molar-refractivity contribution in [3.63, 3.8) is 0 Å². The monoisotopic (exact) mass is 528 g/mol. The summed E-state index contributed by atoms with van der Waals surface area (Å²) in [6, 6.07) is 5.33. The number of methoxy groups -OCH3 is 2. The van der Waals surface area contributed by atoms with E-state index in [1.54, 1.807) is 25.1 Å². The number of pyridine rings is 1. The van der Waals surface area contributed by atoms with Crippen LogP contribution < -0.4 is 19.9 Å². The number of rotatable bonds is 10. The number of hydrogen-bond acceptors (Lipinski definition) is 8. The summed E-state index contributed by atoms with van der Waals surface area (Å²) in [7, 11) is 2.71. The van der Waals surface area contributed by atoms with Gasteiger partial charge in [0.05, 0.1) is 19.8 Å². The number of carbonyl (C=O) groups excluding carboxylic acids is 1. The zero-order valence-corrected chi connectivity index (χ0v) is 20.3. The Balaban J connectivity index is 2.17. The van der Waals surface area contributed by atoms with Crippen LogP contribution in [0.4, 0.5) is 17.6 Å². The topological polar surface area (TPSA) is 118 Å². The number of hydrogen-bond donors (Lipinski definition) is 1. The molecule has 2 heterocycles. The number of nitrogens with zero attached hydrogens (tertiary/aromatic N) is 4. The maximum atomic E-state index is 15.2. The molecule has 3 rings (SSSR count). The number of carbonyl (C=O) groups is 1. The molecule has 0 spiro atoms. The molecule has 14 heteroatoms. The fourth-order valence-electron chi connectivity index (χ4n) is 3.50. The van der Waals surface area contributed by atoms with E-state index in [0.29, 0.717) is 17.7 Å². The lowest BCUT2D eigenvalue weighted by Gasteiger charge is -2.19. The van der Waals surface area contributed by atoms with Gasteiger partial charge in [-0.05, 0) is 32.0 Å². The van der Waals surface area contributed by atoms with Crippen molar-refractivity contribution in [2.24, 2.45) is 0 Å². The van der Waals surface area contributed by atoms with Crippen molar-refractivity contribution in [3.8, 4) is 23.2 Å². The number of alkyl halides is 3. The van der Waals surface area contributed by atoms with Crippen LogP contribution >= 0.6 is 0 Å². The minimum Gasteiger partial charge on any atom is -0.496 e. The Morgan fingerprint density at radius 2 is 1.81 bits per heavy atom. The summed E-state index contributed by atoms with van der Waals surface area (Å²) in [5.74, 6) is -3.34. The van der Waals surface area contributed by atoms with E-state index in [0.717, 1.165) is 4.57 Å². The molecule has 200 valence electrons. The Bertz CT molecular complexity index is 1330. The molecule has 10 nitrogen and oxygen atoms in total. The van der Waals surface area contributed by atoms with Crippen molar-refractivity contribution in [1.82, 2.24) is 19.3 Å². The van der Waals surface area contributed by atoms with E-state index in [1.807, 2.05) is 0 Å². The predicted molar refractivity (Wildman–Crippen MR) is 121 cm³/mol. The van der Waals surface area contributed by atoms with E-state index < -0.39 is 59.9 Å². The average molecular weight is 528 g/mol. The highest BCUT2D eigenvalue weighted by molar-refractivity contribution is 6.00. The van der Waals surface area contributed by atoms with Gasteiger partial charge in [0.25, 0.3) is 0 Å². The molecule has 0 unspecified atom stereocenters. The standard InChI is InChI=1S/C23H24F4N4O6/c1-5-30-19(11-32)29-31(22(30)34)20-15(24)9-13(21(28-20)37-12(2)23(25,26)27)16(33)10-14-17(35-3)7-6-8-18(14)36-4/h6-9,12,32H,5,10-11H2,1-4H3/t12-/m0/s1. The maximum Gasteiger partial charge on any atom is 0.425 e. The van der Waals surface area contributed by atoms with Crippen LogP contribution in [0.1, 0.15) is 35.6 Å². The molecule has 37 heavy (non-hydrogen) atoms. The second-order valence-electron chi connectivity index (χ2n) is 7.70. The van der Waals surface area contributed by atoms with E-state index >= 15 is 4.39 Å². The number of benzene rings is 1. The molecule has 0 saturated carbocycles. The molecule has 0 aliphatic rings. The van der Waals surface area contributed by atoms with Gasteiger partial charge in [-0.3, -0.25) is 9.36 Å². The lowest BCUT2D eigenvalue weighted by atomic mass is 10.0. The molecule has 0 fully saturated rings. The Labute approximate surface area is 208 Å². The lowest BCUT2D eigenvalue weighted by Crippen LogP contribution is -2.32. The number of aliphatic hydroxyl groups excluding tert-OH is 1. The largest absolute Gasteiger partial charge is 0.496 e. The summed E-state index contributed by atoms with van der Waals surface area (Å²) in [6.45, 7) is 1.67. The Morgan fingerprint density at radius 3 is 2.30 bits per heavy atom. The predicted octanol–water partition coefficient (Wildman–Crippen LogP) is 2.85. The number of aromatic nitrogens is 4. The molecule has 1 atom stereocenters. The van der Waals surface area contributed by atoms with Gasteiger partial charge in [-0.2, -0.15) is 22.8 Å². The van der Waals surface area contributed by atoms with Crippen LogP contribution in [-0.4, -0.2) is 56.7 Å². The smallest absolute Gasteiger partial charge is 0.425 e. The van der Waals surface area contributed by atoms with Crippen LogP contribution in [-0.2, 0) is 19.6 Å². The van der Waals surface area contributed by atoms with Gasteiger partial charge < -0.3 is 19.3 Å². The quantitative estimate of drug-likeness (QED) is 0.315. The molecule has 0 radical (unpaired) electrons. The lowest BCUT2D eigenvalue weighted by molar-refractivity contribution is -0.190. The van der Waals surface area contributed by atoms with E-state index in [9.17, 15) is 27.9 Å². The summed E-state index contributed by atoms with van der Waals surface area (Å²) in [4.78, 5) is 29.6. The molecule has 0 amide bonds. The number of halogens is 4. The van der Waals surface area contributed by atoms with Gasteiger partial charge in [-0.25, -0.2) is 9.18 Å². The second-order valence-corrected chi connectivity index (χ2v) is 7.70. The van der Waals surface area contributed by atoms with Crippen LogP contribution in [0.5, 0.6) is 17.4 Å². The van der Waals surface area contributed by atoms with Crippen LogP contribution in [0.25, 0.3) is 5.82 Å². The second kappa shape index (κ2) is 11.0.